The number of hydrogen-bond donors (Lipinski definition) is 0. The smallest absolute Gasteiger partial charge is 0.202 e. The van der Waals surface area contributed by atoms with Crippen LogP contribution in [0.15, 0.2) is 52.3 Å². The maximum absolute atomic E-state index is 12.3. The van der Waals surface area contributed by atoms with Crippen molar-refractivity contribution in [2.75, 3.05) is 10.8 Å². The van der Waals surface area contributed by atoms with Gasteiger partial charge in [0.15, 0.2) is 0 Å². The molecule has 0 aromatic heterocycles. The summed E-state index contributed by atoms with van der Waals surface area (Å²) in [5.41, 5.74) is 1.34. The quantitative estimate of drug-likeness (QED) is 0.741. The van der Waals surface area contributed by atoms with Gasteiger partial charge in [-0.15, -0.1) is 4.28 Å². The number of hydrogen-bond acceptors (Lipinski definition) is 5. The van der Waals surface area contributed by atoms with Crippen molar-refractivity contribution in [1.82, 2.24) is 0 Å². The van der Waals surface area contributed by atoms with Crippen LogP contribution in [0.2, 0.25) is 5.02 Å². The lowest BCUT2D eigenvalue weighted by molar-refractivity contribution is 0.319. The molecular weight excluding hydrogens is 354 g/mol. The van der Waals surface area contributed by atoms with Gasteiger partial charge in [-0.25, -0.2) is 5.06 Å². The Kier molecular flexibility index (Phi) is 4.87. The zero-order valence-corrected chi connectivity index (χ0v) is 14.9. The van der Waals surface area contributed by atoms with E-state index in [1.165, 1.54) is 5.06 Å². The molecule has 0 saturated heterocycles. The van der Waals surface area contributed by atoms with Gasteiger partial charge in [0, 0.05) is 14.8 Å². The third kappa shape index (κ3) is 3.66. The standard InChI is InChI=1S/C16H16ClNO3S2/c1-2-3-10-23(19,20)21-18-13-6-4-5-7-15(13)22-16-9-8-12(17)11-14(16)18/h4-9,11H,2-3,10H2,1H3. The molecule has 2 aromatic carbocycles. The summed E-state index contributed by atoms with van der Waals surface area (Å²) >= 11 is 7.65. The first-order valence-electron chi connectivity index (χ1n) is 7.29. The van der Waals surface area contributed by atoms with Crippen LogP contribution >= 0.6 is 23.4 Å². The highest BCUT2D eigenvalue weighted by molar-refractivity contribution is 7.99. The molecule has 122 valence electrons. The summed E-state index contributed by atoms with van der Waals surface area (Å²) in [5.74, 6) is -0.00872. The van der Waals surface area contributed by atoms with E-state index < -0.39 is 10.1 Å². The molecular formula is C16H16ClNO3S2. The van der Waals surface area contributed by atoms with Gasteiger partial charge in [0.25, 0.3) is 10.1 Å². The molecule has 23 heavy (non-hydrogen) atoms. The summed E-state index contributed by atoms with van der Waals surface area (Å²) < 4.78 is 29.9. The zero-order chi connectivity index (χ0) is 16.4. The molecule has 7 heteroatoms. The second-order valence-electron chi connectivity index (χ2n) is 5.17. The number of benzene rings is 2. The number of rotatable bonds is 5. The first kappa shape index (κ1) is 16.6. The monoisotopic (exact) mass is 369 g/mol. The second-order valence-corrected chi connectivity index (χ2v) is 8.36. The Bertz CT molecular complexity index is 824. The Balaban J connectivity index is 2.03. The van der Waals surface area contributed by atoms with Crippen molar-refractivity contribution in [2.45, 2.75) is 29.6 Å². The predicted molar refractivity (Wildman–Crippen MR) is 93.9 cm³/mol. The fourth-order valence-corrected chi connectivity index (χ4v) is 4.54. The SMILES string of the molecule is CCCCS(=O)(=O)ON1c2ccccc2Sc2ccc(Cl)cc21. The Morgan fingerprint density at radius 2 is 1.87 bits per heavy atom. The normalized spacial score (nSPS) is 13.6. The summed E-state index contributed by atoms with van der Waals surface area (Å²) in [6.45, 7) is 1.94. The van der Waals surface area contributed by atoms with E-state index in [0.717, 1.165) is 16.2 Å². The van der Waals surface area contributed by atoms with Crippen molar-refractivity contribution < 1.29 is 12.7 Å². The number of unbranched alkanes of at least 4 members (excludes halogenated alkanes) is 1. The van der Waals surface area contributed by atoms with Crippen LogP contribution < -0.4 is 5.06 Å². The molecule has 2 aromatic rings. The largest absolute Gasteiger partial charge is 0.288 e. The second kappa shape index (κ2) is 6.73. The lowest BCUT2D eigenvalue weighted by Gasteiger charge is -2.30. The molecule has 0 radical (unpaired) electrons. The number of fused-ring (bicyclic) bond motifs is 2. The maximum Gasteiger partial charge on any atom is 0.288 e. The van der Waals surface area contributed by atoms with E-state index in [9.17, 15) is 8.42 Å². The Hall–Kier alpha value is -1.21. The van der Waals surface area contributed by atoms with Crippen LogP contribution in [0.5, 0.6) is 0 Å². The van der Waals surface area contributed by atoms with Gasteiger partial charge in [-0.1, -0.05) is 48.8 Å². The van der Waals surface area contributed by atoms with Crippen LogP contribution in [-0.4, -0.2) is 14.2 Å². The average molecular weight is 370 g/mol. The maximum atomic E-state index is 12.3. The van der Waals surface area contributed by atoms with Crippen LogP contribution in [-0.2, 0) is 14.4 Å². The minimum absolute atomic E-state index is 0.00872. The van der Waals surface area contributed by atoms with E-state index in [4.69, 9.17) is 15.9 Å². The molecule has 0 fully saturated rings. The van der Waals surface area contributed by atoms with Gasteiger partial charge in [-0.3, -0.25) is 0 Å². The highest BCUT2D eigenvalue weighted by Gasteiger charge is 2.28. The van der Waals surface area contributed by atoms with Crippen molar-refractivity contribution in [3.8, 4) is 0 Å². The molecule has 4 nitrogen and oxygen atoms in total. The van der Waals surface area contributed by atoms with Crippen molar-refractivity contribution in [2.24, 2.45) is 0 Å². The topological polar surface area (TPSA) is 46.6 Å². The summed E-state index contributed by atoms with van der Waals surface area (Å²) in [7, 11) is -3.67. The molecule has 0 saturated carbocycles. The fourth-order valence-electron chi connectivity index (χ4n) is 2.25. The van der Waals surface area contributed by atoms with Crippen molar-refractivity contribution >= 4 is 44.9 Å². The molecule has 0 spiro atoms. The molecule has 0 atom stereocenters. The van der Waals surface area contributed by atoms with Crippen LogP contribution in [0.1, 0.15) is 19.8 Å². The number of halogens is 1. The number of anilines is 2. The molecule has 1 aliphatic heterocycles. The minimum atomic E-state index is -3.67. The van der Waals surface area contributed by atoms with Crippen LogP contribution in [0.3, 0.4) is 0 Å². The molecule has 0 bridgehead atoms. The van der Waals surface area contributed by atoms with Crippen LogP contribution in [0.4, 0.5) is 11.4 Å². The van der Waals surface area contributed by atoms with Crippen molar-refractivity contribution in [3.05, 3.63) is 47.5 Å². The zero-order valence-electron chi connectivity index (χ0n) is 12.5. The predicted octanol–water partition coefficient (Wildman–Crippen LogP) is 5.00. The van der Waals surface area contributed by atoms with Crippen LogP contribution in [0.25, 0.3) is 0 Å². The fraction of sp³-hybridized carbons (Fsp3) is 0.250. The van der Waals surface area contributed by atoms with E-state index >= 15 is 0 Å². The minimum Gasteiger partial charge on any atom is -0.202 e. The van der Waals surface area contributed by atoms with E-state index in [1.807, 2.05) is 37.3 Å². The Morgan fingerprint density at radius 1 is 1.13 bits per heavy atom. The van der Waals surface area contributed by atoms with Gasteiger partial charge in [0.1, 0.15) is 0 Å². The lowest BCUT2D eigenvalue weighted by atomic mass is 10.2. The first-order chi connectivity index (χ1) is 11.0. The lowest BCUT2D eigenvalue weighted by Crippen LogP contribution is -2.26. The van der Waals surface area contributed by atoms with E-state index in [-0.39, 0.29) is 5.75 Å². The first-order valence-corrected chi connectivity index (χ1v) is 10.1. The summed E-state index contributed by atoms with van der Waals surface area (Å²) in [6.07, 6.45) is 1.35. The summed E-state index contributed by atoms with van der Waals surface area (Å²) in [4.78, 5) is 1.84. The molecule has 3 rings (SSSR count). The summed E-state index contributed by atoms with van der Waals surface area (Å²) in [6, 6.07) is 12.9. The molecule has 0 amide bonds. The average Bonchev–Trinajstić information content (AvgIpc) is 2.53. The number of nitrogens with zero attached hydrogens (tertiary/aromatic N) is 1. The van der Waals surface area contributed by atoms with Gasteiger partial charge in [0.2, 0.25) is 0 Å². The third-order valence-corrected chi connectivity index (χ3v) is 5.91. The van der Waals surface area contributed by atoms with Gasteiger partial charge in [0.05, 0.1) is 17.1 Å². The Morgan fingerprint density at radius 3 is 2.65 bits per heavy atom. The van der Waals surface area contributed by atoms with Gasteiger partial charge >= 0.3 is 0 Å². The van der Waals surface area contributed by atoms with E-state index in [2.05, 4.69) is 0 Å². The highest BCUT2D eigenvalue weighted by atomic mass is 35.5. The Labute approximate surface area is 145 Å². The molecule has 0 aliphatic carbocycles. The van der Waals surface area contributed by atoms with Gasteiger partial charge < -0.3 is 0 Å². The van der Waals surface area contributed by atoms with Crippen LogP contribution in [0, 0.1) is 0 Å². The molecule has 1 heterocycles. The van der Waals surface area contributed by atoms with Gasteiger partial charge in [-0.2, -0.15) is 8.42 Å². The third-order valence-electron chi connectivity index (χ3n) is 3.38. The van der Waals surface area contributed by atoms with Crippen molar-refractivity contribution in [3.63, 3.8) is 0 Å². The number of para-hydroxylation sites is 1. The van der Waals surface area contributed by atoms with E-state index in [0.29, 0.717) is 22.8 Å². The van der Waals surface area contributed by atoms with Crippen molar-refractivity contribution in [1.29, 1.82) is 0 Å². The highest BCUT2D eigenvalue weighted by Crippen LogP contribution is 2.49. The summed E-state index contributed by atoms with van der Waals surface area (Å²) in [5, 5.41) is 1.90. The van der Waals surface area contributed by atoms with E-state index in [1.54, 1.807) is 23.9 Å². The molecule has 1 aliphatic rings. The van der Waals surface area contributed by atoms with Gasteiger partial charge in [-0.05, 0) is 36.8 Å². The molecule has 0 unspecified atom stereocenters. The molecule has 0 N–H and O–H groups in total.